The molecule has 11 heteroatoms. The fourth-order valence-electron chi connectivity index (χ4n) is 4.39. The Bertz CT molecular complexity index is 1320. The molecule has 0 aromatic carbocycles. The van der Waals surface area contributed by atoms with E-state index in [4.69, 9.17) is 19.1 Å². The van der Waals surface area contributed by atoms with Gasteiger partial charge in [0.05, 0.1) is 19.8 Å². The third-order valence-electron chi connectivity index (χ3n) is 7.37. The SMILES string of the molecule is CC/C=C/C=C/C=C/C=C/C=C/C=C/C=C/CCCCCC(=O)OCC(COP(=O)(O)OC[C@H](O)CO)OC(=O)CCCCCCC/C=C/C=C/C=C/CC. The van der Waals surface area contributed by atoms with Crippen LogP contribution in [0.2, 0.25) is 0 Å². The van der Waals surface area contributed by atoms with E-state index in [9.17, 15) is 24.2 Å². The van der Waals surface area contributed by atoms with Gasteiger partial charge < -0.3 is 24.6 Å². The molecule has 10 nitrogen and oxygen atoms in total. The smallest absolute Gasteiger partial charge is 0.462 e. The van der Waals surface area contributed by atoms with E-state index in [1.54, 1.807) is 0 Å². The number of carbonyl (C=O) groups is 2. The second-order valence-electron chi connectivity index (χ2n) is 12.4. The fourth-order valence-corrected chi connectivity index (χ4v) is 5.18. The third-order valence-corrected chi connectivity index (χ3v) is 8.32. The number of unbranched alkanes of at least 4 members (excludes halogenated alkanes) is 8. The van der Waals surface area contributed by atoms with Crippen molar-refractivity contribution in [1.29, 1.82) is 0 Å². The first-order valence-electron chi connectivity index (χ1n) is 19.6. The Labute approximate surface area is 330 Å². The Kier molecular flexibility index (Phi) is 36.1. The topological polar surface area (TPSA) is 149 Å². The maximum Gasteiger partial charge on any atom is 0.472 e. The van der Waals surface area contributed by atoms with Crippen molar-refractivity contribution >= 4 is 19.8 Å². The fraction of sp³-hybridized carbons (Fsp3) is 0.500. The normalized spacial score (nSPS) is 15.2. The highest BCUT2D eigenvalue weighted by Gasteiger charge is 2.27. The molecule has 55 heavy (non-hydrogen) atoms. The van der Waals surface area contributed by atoms with Crippen LogP contribution < -0.4 is 0 Å². The van der Waals surface area contributed by atoms with Crippen molar-refractivity contribution in [3.8, 4) is 0 Å². The van der Waals surface area contributed by atoms with E-state index >= 15 is 0 Å². The summed E-state index contributed by atoms with van der Waals surface area (Å²) in [6.07, 6.45) is 48.8. The van der Waals surface area contributed by atoms with Gasteiger partial charge >= 0.3 is 19.8 Å². The van der Waals surface area contributed by atoms with Crippen molar-refractivity contribution in [1.82, 2.24) is 0 Å². The van der Waals surface area contributed by atoms with Crippen molar-refractivity contribution in [3.63, 3.8) is 0 Å². The molecule has 0 aliphatic heterocycles. The second-order valence-corrected chi connectivity index (χ2v) is 13.9. The van der Waals surface area contributed by atoms with Gasteiger partial charge in [-0.05, 0) is 51.4 Å². The Balaban J connectivity index is 4.52. The Morgan fingerprint density at radius 1 is 0.545 bits per heavy atom. The standard InChI is InChI=1S/C44H67O10P/c1-3-5-7-9-11-13-15-17-18-19-20-21-22-24-25-27-29-31-33-35-43(47)51-39-42(40-53-55(49,50)52-38-41(46)37-45)54-44(48)36-34-32-30-28-26-23-16-14-12-10-8-6-4-2/h5-22,24-25,41-42,45-46H,3-4,23,26-40H2,1-2H3,(H,49,50)/b7-5+,8-6+,11-9+,12-10+,15-13+,16-14+,18-17+,20-19+,22-21+,25-24+/t41-,42?/m1/s1. The van der Waals surface area contributed by atoms with Gasteiger partial charge in [-0.25, -0.2) is 4.57 Å². The quantitative estimate of drug-likeness (QED) is 0.0249. The molecular formula is C44H67O10P. The minimum absolute atomic E-state index is 0.141. The van der Waals surface area contributed by atoms with Crippen molar-refractivity contribution in [3.05, 3.63) is 122 Å². The van der Waals surface area contributed by atoms with Gasteiger partial charge in [-0.15, -0.1) is 0 Å². The molecule has 0 amide bonds. The molecule has 0 spiro atoms. The van der Waals surface area contributed by atoms with Gasteiger partial charge in [0, 0.05) is 12.8 Å². The number of phosphoric acid groups is 1. The molecule has 0 bridgehead atoms. The van der Waals surface area contributed by atoms with Gasteiger partial charge in [-0.1, -0.05) is 161 Å². The number of ether oxygens (including phenoxy) is 2. The summed E-state index contributed by atoms with van der Waals surface area (Å²) in [5.41, 5.74) is 0. The Morgan fingerprint density at radius 3 is 1.44 bits per heavy atom. The van der Waals surface area contributed by atoms with Crippen molar-refractivity contribution in [2.75, 3.05) is 26.4 Å². The van der Waals surface area contributed by atoms with Crippen LogP contribution in [0.5, 0.6) is 0 Å². The highest BCUT2D eigenvalue weighted by molar-refractivity contribution is 7.47. The molecule has 2 unspecified atom stereocenters. The first-order chi connectivity index (χ1) is 26.7. The van der Waals surface area contributed by atoms with E-state index in [0.717, 1.165) is 64.2 Å². The number of rotatable bonds is 34. The lowest BCUT2D eigenvalue weighted by molar-refractivity contribution is -0.161. The van der Waals surface area contributed by atoms with Crippen molar-refractivity contribution in [2.24, 2.45) is 0 Å². The summed E-state index contributed by atoms with van der Waals surface area (Å²) in [6.45, 7) is 1.97. The molecule has 0 fully saturated rings. The molecule has 308 valence electrons. The van der Waals surface area contributed by atoms with Gasteiger partial charge in [-0.2, -0.15) is 0 Å². The lowest BCUT2D eigenvalue weighted by Crippen LogP contribution is -2.29. The molecule has 0 aromatic rings. The summed E-state index contributed by atoms with van der Waals surface area (Å²) < 4.78 is 32.5. The molecule has 3 atom stereocenters. The van der Waals surface area contributed by atoms with Crippen LogP contribution in [0, 0.1) is 0 Å². The Morgan fingerprint density at radius 2 is 0.945 bits per heavy atom. The largest absolute Gasteiger partial charge is 0.472 e. The van der Waals surface area contributed by atoms with E-state index in [2.05, 4.69) is 42.7 Å². The van der Waals surface area contributed by atoms with E-state index < -0.39 is 51.8 Å². The van der Waals surface area contributed by atoms with Crippen LogP contribution >= 0.6 is 7.82 Å². The van der Waals surface area contributed by atoms with Gasteiger partial charge in [0.25, 0.3) is 0 Å². The summed E-state index contributed by atoms with van der Waals surface area (Å²) in [5.74, 6) is -1.02. The van der Waals surface area contributed by atoms with Crippen molar-refractivity contribution < 1.29 is 47.8 Å². The van der Waals surface area contributed by atoms with Crippen LogP contribution in [0.25, 0.3) is 0 Å². The molecule has 0 heterocycles. The number of carbonyl (C=O) groups excluding carboxylic acids is 2. The molecule has 3 N–H and O–H groups in total. The predicted octanol–water partition coefficient (Wildman–Crippen LogP) is 9.99. The van der Waals surface area contributed by atoms with Crippen molar-refractivity contribution in [2.45, 2.75) is 116 Å². The molecule has 0 saturated heterocycles. The molecule has 0 aliphatic rings. The molecule has 0 aliphatic carbocycles. The van der Waals surface area contributed by atoms with E-state index in [0.29, 0.717) is 12.8 Å². The van der Waals surface area contributed by atoms with Crippen LogP contribution in [-0.2, 0) is 32.7 Å². The first kappa shape index (κ1) is 51.4. The predicted molar refractivity (Wildman–Crippen MR) is 223 cm³/mol. The second kappa shape index (κ2) is 38.6. The van der Waals surface area contributed by atoms with Gasteiger partial charge in [0.2, 0.25) is 0 Å². The number of allylic oxidation sites excluding steroid dienone is 20. The minimum Gasteiger partial charge on any atom is -0.462 e. The lowest BCUT2D eigenvalue weighted by atomic mass is 10.1. The lowest BCUT2D eigenvalue weighted by Gasteiger charge is -2.20. The number of aliphatic hydroxyl groups is 2. The maximum absolute atomic E-state index is 12.6. The van der Waals surface area contributed by atoms with Crippen LogP contribution in [0.1, 0.15) is 104 Å². The zero-order valence-electron chi connectivity index (χ0n) is 33.1. The number of esters is 2. The molecule has 0 radical (unpaired) electrons. The summed E-state index contributed by atoms with van der Waals surface area (Å²) in [7, 11) is -4.64. The summed E-state index contributed by atoms with van der Waals surface area (Å²) >= 11 is 0. The Hall–Kier alpha value is -3.63. The first-order valence-corrected chi connectivity index (χ1v) is 21.1. The summed E-state index contributed by atoms with van der Waals surface area (Å²) in [5, 5.41) is 18.3. The number of phosphoric ester groups is 1. The zero-order valence-corrected chi connectivity index (χ0v) is 34.0. The van der Waals surface area contributed by atoms with E-state index in [-0.39, 0.29) is 19.4 Å². The van der Waals surface area contributed by atoms with Crippen LogP contribution in [0.15, 0.2) is 122 Å². The zero-order chi connectivity index (χ0) is 40.5. The average molecular weight is 787 g/mol. The minimum atomic E-state index is -4.64. The van der Waals surface area contributed by atoms with Crippen LogP contribution in [0.3, 0.4) is 0 Å². The number of aliphatic hydroxyl groups excluding tert-OH is 2. The van der Waals surface area contributed by atoms with Gasteiger partial charge in [0.1, 0.15) is 12.7 Å². The summed E-state index contributed by atoms with van der Waals surface area (Å²) in [6, 6.07) is 0. The number of hydrogen-bond acceptors (Lipinski definition) is 9. The monoisotopic (exact) mass is 786 g/mol. The average Bonchev–Trinajstić information content (AvgIpc) is 3.17. The van der Waals surface area contributed by atoms with E-state index in [1.807, 2.05) is 97.2 Å². The molecular weight excluding hydrogens is 719 g/mol. The van der Waals surface area contributed by atoms with Gasteiger partial charge in [-0.3, -0.25) is 18.6 Å². The summed E-state index contributed by atoms with van der Waals surface area (Å²) in [4.78, 5) is 34.9. The third kappa shape index (κ3) is 38.4. The highest BCUT2D eigenvalue weighted by atomic mass is 31.2. The van der Waals surface area contributed by atoms with E-state index in [1.165, 1.54) is 0 Å². The van der Waals surface area contributed by atoms with Crippen LogP contribution in [-0.4, -0.2) is 65.7 Å². The highest BCUT2D eigenvalue weighted by Crippen LogP contribution is 2.43. The molecule has 0 rings (SSSR count). The maximum atomic E-state index is 12.6. The molecule has 0 saturated carbocycles. The van der Waals surface area contributed by atoms with Gasteiger partial charge in [0.15, 0.2) is 6.10 Å². The number of hydrogen-bond donors (Lipinski definition) is 3. The van der Waals surface area contributed by atoms with Crippen LogP contribution in [0.4, 0.5) is 0 Å². The molecule has 0 aromatic heterocycles.